The van der Waals surface area contributed by atoms with Gasteiger partial charge in [0.15, 0.2) is 11.5 Å². The number of carbonyl (C=O) groups excluding carboxylic acids is 1. The summed E-state index contributed by atoms with van der Waals surface area (Å²) < 4.78 is 5.46. The van der Waals surface area contributed by atoms with E-state index in [1.165, 1.54) is 0 Å². The molecule has 5 heteroatoms. The Kier molecular flexibility index (Phi) is 3.62. The maximum absolute atomic E-state index is 11.3. The van der Waals surface area contributed by atoms with Gasteiger partial charge in [0.2, 0.25) is 5.91 Å². The Morgan fingerprint density at radius 1 is 1.56 bits per heavy atom. The third-order valence-electron chi connectivity index (χ3n) is 2.69. The Morgan fingerprint density at radius 3 is 3.06 bits per heavy atom. The second-order valence-electron chi connectivity index (χ2n) is 4.36. The zero-order chi connectivity index (χ0) is 13.1. The summed E-state index contributed by atoms with van der Waals surface area (Å²) in [5, 5.41) is 2.77. The van der Waals surface area contributed by atoms with Crippen molar-refractivity contribution in [1.29, 1.82) is 0 Å². The number of fused-ring (bicyclic) bond motifs is 1. The molecule has 0 spiro atoms. The quantitative estimate of drug-likeness (QED) is 0.849. The number of nitrogens with one attached hydrogen (secondary N) is 1. The first-order valence-electron chi connectivity index (χ1n) is 5.95. The molecule has 5 nitrogen and oxygen atoms in total. The van der Waals surface area contributed by atoms with E-state index in [0.717, 1.165) is 23.1 Å². The molecule has 0 bridgehead atoms. The van der Waals surface area contributed by atoms with Gasteiger partial charge < -0.3 is 15.5 Å². The highest BCUT2D eigenvalue weighted by atomic mass is 16.3. The lowest BCUT2D eigenvalue weighted by molar-refractivity contribution is -0.121. The monoisotopic (exact) mass is 247 g/mol. The zero-order valence-electron chi connectivity index (χ0n) is 10.6. The van der Waals surface area contributed by atoms with Gasteiger partial charge in [0.05, 0.1) is 6.04 Å². The van der Waals surface area contributed by atoms with Gasteiger partial charge in [-0.15, -0.1) is 0 Å². The summed E-state index contributed by atoms with van der Waals surface area (Å²) in [6.45, 7) is 4.06. The molecule has 3 N–H and O–H groups in total. The minimum Gasteiger partial charge on any atom is -0.441 e. The van der Waals surface area contributed by atoms with E-state index in [1.807, 2.05) is 25.1 Å². The van der Waals surface area contributed by atoms with E-state index in [0.29, 0.717) is 12.4 Å². The standard InChI is InChI=1S/C13H17N3O2/c1-8(14)13(17)15-6-5-10-3-4-11-12(7-10)18-9(2)16-11/h3-4,7-8H,5-6,14H2,1-2H3,(H,15,17). The lowest BCUT2D eigenvalue weighted by Crippen LogP contribution is -2.39. The molecule has 2 aromatic rings. The van der Waals surface area contributed by atoms with Gasteiger partial charge in [-0.2, -0.15) is 0 Å². The summed E-state index contributed by atoms with van der Waals surface area (Å²) in [5.74, 6) is 0.527. The van der Waals surface area contributed by atoms with Gasteiger partial charge in [0, 0.05) is 13.5 Å². The molecule has 0 aliphatic heterocycles. The van der Waals surface area contributed by atoms with Crippen molar-refractivity contribution in [2.24, 2.45) is 5.73 Å². The topological polar surface area (TPSA) is 81.2 Å². The van der Waals surface area contributed by atoms with Crippen LogP contribution in [0.3, 0.4) is 0 Å². The molecule has 0 radical (unpaired) electrons. The van der Waals surface area contributed by atoms with Crippen molar-refractivity contribution in [3.63, 3.8) is 0 Å². The Labute approximate surface area is 105 Å². The fourth-order valence-electron chi connectivity index (χ4n) is 1.73. The molecule has 18 heavy (non-hydrogen) atoms. The average molecular weight is 247 g/mol. The molecule has 1 aromatic carbocycles. The summed E-state index contributed by atoms with van der Waals surface area (Å²) >= 11 is 0. The highest BCUT2D eigenvalue weighted by Gasteiger charge is 2.06. The molecule has 0 aliphatic carbocycles. The fraction of sp³-hybridized carbons (Fsp3) is 0.385. The number of nitrogens with two attached hydrogens (primary N) is 1. The summed E-state index contributed by atoms with van der Waals surface area (Å²) in [6, 6.07) is 5.40. The molecule has 1 unspecified atom stereocenters. The SMILES string of the molecule is Cc1nc2ccc(CCNC(=O)C(C)N)cc2o1. The van der Waals surface area contributed by atoms with Crippen molar-refractivity contribution in [3.05, 3.63) is 29.7 Å². The van der Waals surface area contributed by atoms with Crippen LogP contribution < -0.4 is 11.1 Å². The summed E-state index contributed by atoms with van der Waals surface area (Å²) in [6.07, 6.45) is 0.744. The van der Waals surface area contributed by atoms with E-state index in [1.54, 1.807) is 6.92 Å². The fourth-order valence-corrected chi connectivity index (χ4v) is 1.73. The predicted molar refractivity (Wildman–Crippen MR) is 69.1 cm³/mol. The Balaban J connectivity index is 1.97. The van der Waals surface area contributed by atoms with Gasteiger partial charge in [-0.1, -0.05) is 6.07 Å². The van der Waals surface area contributed by atoms with Crippen LogP contribution in [-0.4, -0.2) is 23.5 Å². The van der Waals surface area contributed by atoms with Gasteiger partial charge in [0.1, 0.15) is 5.52 Å². The van der Waals surface area contributed by atoms with Gasteiger partial charge >= 0.3 is 0 Å². The number of amides is 1. The Bertz CT molecular complexity index is 560. The molecular formula is C13H17N3O2. The first-order chi connectivity index (χ1) is 8.56. The number of hydrogen-bond donors (Lipinski definition) is 2. The molecule has 0 fully saturated rings. The number of aryl methyl sites for hydroxylation is 1. The molecule has 96 valence electrons. The van der Waals surface area contributed by atoms with Crippen molar-refractivity contribution in [3.8, 4) is 0 Å². The molecule has 1 aromatic heterocycles. The van der Waals surface area contributed by atoms with Gasteiger partial charge in [-0.25, -0.2) is 4.98 Å². The van der Waals surface area contributed by atoms with Crippen LogP contribution in [0.1, 0.15) is 18.4 Å². The van der Waals surface area contributed by atoms with Gasteiger partial charge in [-0.3, -0.25) is 4.79 Å². The minimum atomic E-state index is -0.468. The van der Waals surface area contributed by atoms with Crippen molar-refractivity contribution in [1.82, 2.24) is 10.3 Å². The van der Waals surface area contributed by atoms with E-state index in [-0.39, 0.29) is 5.91 Å². The first-order valence-corrected chi connectivity index (χ1v) is 5.95. The van der Waals surface area contributed by atoms with Crippen molar-refractivity contribution < 1.29 is 9.21 Å². The van der Waals surface area contributed by atoms with Crippen LogP contribution in [0, 0.1) is 6.92 Å². The number of oxazole rings is 1. The first kappa shape index (κ1) is 12.6. The Hall–Kier alpha value is -1.88. The van der Waals surface area contributed by atoms with Crippen LogP contribution in [0.15, 0.2) is 22.6 Å². The maximum atomic E-state index is 11.3. The molecule has 1 amide bonds. The molecule has 0 aliphatic rings. The van der Waals surface area contributed by atoms with E-state index in [4.69, 9.17) is 10.2 Å². The number of benzene rings is 1. The molecule has 2 rings (SSSR count). The van der Waals surface area contributed by atoms with Gasteiger partial charge in [0.25, 0.3) is 0 Å². The smallest absolute Gasteiger partial charge is 0.236 e. The largest absolute Gasteiger partial charge is 0.441 e. The van der Waals surface area contributed by atoms with Crippen LogP contribution in [0.4, 0.5) is 0 Å². The van der Waals surface area contributed by atoms with Crippen LogP contribution in [0.2, 0.25) is 0 Å². The van der Waals surface area contributed by atoms with Crippen LogP contribution in [0.5, 0.6) is 0 Å². The molecule has 0 saturated heterocycles. The number of nitrogens with zero attached hydrogens (tertiary/aromatic N) is 1. The van der Waals surface area contributed by atoms with Gasteiger partial charge in [-0.05, 0) is 31.0 Å². The van der Waals surface area contributed by atoms with E-state index < -0.39 is 6.04 Å². The summed E-state index contributed by atoms with van der Waals surface area (Å²) in [5.41, 5.74) is 8.20. The normalized spacial score (nSPS) is 12.6. The molecule has 0 saturated carbocycles. The zero-order valence-corrected chi connectivity index (χ0v) is 10.6. The number of carbonyl (C=O) groups is 1. The third kappa shape index (κ3) is 2.87. The van der Waals surface area contributed by atoms with Crippen LogP contribution >= 0.6 is 0 Å². The maximum Gasteiger partial charge on any atom is 0.236 e. The van der Waals surface area contributed by atoms with E-state index in [2.05, 4.69) is 10.3 Å². The Morgan fingerprint density at radius 2 is 2.33 bits per heavy atom. The minimum absolute atomic E-state index is 0.133. The summed E-state index contributed by atoms with van der Waals surface area (Å²) in [7, 11) is 0. The highest BCUT2D eigenvalue weighted by molar-refractivity contribution is 5.81. The van der Waals surface area contributed by atoms with Crippen molar-refractivity contribution in [2.75, 3.05) is 6.54 Å². The van der Waals surface area contributed by atoms with Crippen molar-refractivity contribution in [2.45, 2.75) is 26.3 Å². The molecular weight excluding hydrogens is 230 g/mol. The van der Waals surface area contributed by atoms with Crippen molar-refractivity contribution >= 4 is 17.0 Å². The molecule has 1 atom stereocenters. The van der Waals surface area contributed by atoms with Crippen LogP contribution in [0.25, 0.3) is 11.1 Å². The average Bonchev–Trinajstić information content (AvgIpc) is 2.68. The molecule has 1 heterocycles. The van der Waals surface area contributed by atoms with Crippen LogP contribution in [-0.2, 0) is 11.2 Å². The second kappa shape index (κ2) is 5.18. The number of aromatic nitrogens is 1. The predicted octanol–water partition coefficient (Wildman–Crippen LogP) is 1.14. The number of hydrogen-bond acceptors (Lipinski definition) is 4. The number of rotatable bonds is 4. The second-order valence-corrected chi connectivity index (χ2v) is 4.36. The van der Waals surface area contributed by atoms with E-state index >= 15 is 0 Å². The third-order valence-corrected chi connectivity index (χ3v) is 2.69. The lowest BCUT2D eigenvalue weighted by Gasteiger charge is -2.07. The summed E-state index contributed by atoms with van der Waals surface area (Å²) in [4.78, 5) is 15.5. The van der Waals surface area contributed by atoms with E-state index in [9.17, 15) is 4.79 Å². The lowest BCUT2D eigenvalue weighted by atomic mass is 10.1. The highest BCUT2D eigenvalue weighted by Crippen LogP contribution is 2.16.